The van der Waals surface area contributed by atoms with E-state index < -0.39 is 0 Å². The molecule has 0 radical (unpaired) electrons. The maximum Gasteiger partial charge on any atom is 0.307 e. The Hall–Kier alpha value is -1.97. The number of esters is 1. The van der Waals surface area contributed by atoms with Crippen molar-refractivity contribution >= 4 is 18.5 Å². The first-order chi connectivity index (χ1) is 6.68. The van der Waals surface area contributed by atoms with Crippen molar-refractivity contribution in [2.75, 3.05) is 0 Å². The van der Waals surface area contributed by atoms with Crippen molar-refractivity contribution in [1.82, 2.24) is 0 Å². The molecule has 0 aliphatic carbocycles. The van der Waals surface area contributed by atoms with E-state index >= 15 is 0 Å². The van der Waals surface area contributed by atoms with Crippen molar-refractivity contribution in [2.24, 2.45) is 0 Å². The van der Waals surface area contributed by atoms with Gasteiger partial charge in [-0.25, -0.2) is 0 Å². The Balaban J connectivity index is -0.000000147. The molecule has 0 aromatic carbocycles. The van der Waals surface area contributed by atoms with Gasteiger partial charge < -0.3 is 4.74 Å². The van der Waals surface area contributed by atoms with Gasteiger partial charge in [0.1, 0.15) is 12.6 Å². The van der Waals surface area contributed by atoms with Crippen LogP contribution in [0, 0.1) is 0 Å². The third-order valence-electron chi connectivity index (χ3n) is 0.518. The second-order valence-corrected chi connectivity index (χ2v) is 1.43. The highest BCUT2D eigenvalue weighted by Gasteiger charge is 1.79. The number of hydrogen-bond acceptors (Lipinski definition) is 4. The third kappa shape index (κ3) is 50.4. The second kappa shape index (κ2) is 22.5. The molecule has 0 saturated carbocycles. The molecular weight excluding hydrogens is 184 g/mol. The molecule has 0 aliphatic heterocycles. The standard InChI is InChI=1S/C4H6O2.C4H4O2.C2H4/c1-3-6-4(2)5;5-3-1-2-4-6;1-2/h3H,1H2,2H3;1-4H;1-2H2/b;2-1-;. The van der Waals surface area contributed by atoms with Gasteiger partial charge in [-0.05, 0) is 12.2 Å². The number of allylic oxidation sites excluding steroid dienone is 2. The zero-order chi connectivity index (χ0) is 11.8. The summed E-state index contributed by atoms with van der Waals surface area (Å²) in [7, 11) is 0. The highest BCUT2D eigenvalue weighted by Crippen LogP contribution is 1.70. The fraction of sp³-hybridized carbons (Fsp3) is 0.100. The molecule has 0 fully saturated rings. The topological polar surface area (TPSA) is 60.4 Å². The monoisotopic (exact) mass is 198 g/mol. The molecule has 0 aromatic heterocycles. The van der Waals surface area contributed by atoms with Crippen LogP contribution < -0.4 is 0 Å². The molecule has 0 aliphatic rings. The van der Waals surface area contributed by atoms with Crippen molar-refractivity contribution in [3.63, 3.8) is 0 Å². The Morgan fingerprint density at radius 1 is 1.14 bits per heavy atom. The van der Waals surface area contributed by atoms with E-state index in [1.165, 1.54) is 6.92 Å². The minimum atomic E-state index is -0.329. The van der Waals surface area contributed by atoms with E-state index in [9.17, 15) is 14.4 Å². The Morgan fingerprint density at radius 3 is 1.57 bits per heavy atom. The minimum Gasteiger partial charge on any atom is -0.435 e. The molecule has 0 bridgehead atoms. The molecule has 0 atom stereocenters. The number of hydrogen-bond donors (Lipinski definition) is 0. The Labute approximate surface area is 83.6 Å². The van der Waals surface area contributed by atoms with Crippen molar-refractivity contribution < 1.29 is 19.1 Å². The summed E-state index contributed by atoms with van der Waals surface area (Å²) in [6.45, 7) is 10.5. The molecule has 4 heteroatoms. The summed E-state index contributed by atoms with van der Waals surface area (Å²) in [6.07, 6.45) is 4.46. The normalized spacial score (nSPS) is 6.93. The number of carbonyl (C=O) groups excluding carboxylic acids is 3. The molecule has 0 N–H and O–H groups in total. The van der Waals surface area contributed by atoms with Gasteiger partial charge in [0.15, 0.2) is 0 Å². The van der Waals surface area contributed by atoms with Gasteiger partial charge in [-0.1, -0.05) is 6.58 Å². The predicted molar refractivity (Wildman–Crippen MR) is 54.5 cm³/mol. The maximum absolute atomic E-state index is 9.75. The highest BCUT2D eigenvalue weighted by molar-refractivity contribution is 5.75. The largest absolute Gasteiger partial charge is 0.435 e. The Bertz CT molecular complexity index is 184. The summed E-state index contributed by atoms with van der Waals surface area (Å²) in [5.74, 6) is -0.329. The molecule has 0 rings (SSSR count). The fourth-order valence-electron chi connectivity index (χ4n) is 0.208. The number of aldehydes is 2. The smallest absolute Gasteiger partial charge is 0.307 e. The van der Waals surface area contributed by atoms with Crippen LogP contribution in [0.2, 0.25) is 0 Å². The molecule has 14 heavy (non-hydrogen) atoms. The van der Waals surface area contributed by atoms with E-state index in [1.807, 2.05) is 0 Å². The molecule has 0 unspecified atom stereocenters. The van der Waals surface area contributed by atoms with Crippen LogP contribution in [0.4, 0.5) is 0 Å². The molecule has 0 saturated heterocycles. The third-order valence-corrected chi connectivity index (χ3v) is 0.518. The van der Waals surface area contributed by atoms with Crippen LogP contribution in [0.3, 0.4) is 0 Å². The molecule has 78 valence electrons. The van der Waals surface area contributed by atoms with Gasteiger partial charge in [0, 0.05) is 6.92 Å². The predicted octanol–water partition coefficient (Wildman–Crippen LogP) is 1.44. The van der Waals surface area contributed by atoms with Gasteiger partial charge in [-0.15, -0.1) is 13.2 Å². The molecule has 0 amide bonds. The lowest BCUT2D eigenvalue weighted by molar-refractivity contribution is -0.135. The first kappa shape index (κ1) is 17.9. The molecule has 0 spiro atoms. The van der Waals surface area contributed by atoms with E-state index in [0.29, 0.717) is 12.6 Å². The maximum atomic E-state index is 9.75. The summed E-state index contributed by atoms with van der Waals surface area (Å²) in [6, 6.07) is 0. The summed E-state index contributed by atoms with van der Waals surface area (Å²) >= 11 is 0. The fourth-order valence-corrected chi connectivity index (χ4v) is 0.208. The average Bonchev–Trinajstić information content (AvgIpc) is 2.18. The van der Waals surface area contributed by atoms with Crippen LogP contribution in [0.25, 0.3) is 0 Å². The van der Waals surface area contributed by atoms with Crippen LogP contribution in [0.15, 0.2) is 38.2 Å². The van der Waals surface area contributed by atoms with E-state index in [2.05, 4.69) is 24.5 Å². The summed E-state index contributed by atoms with van der Waals surface area (Å²) in [5.41, 5.74) is 0. The Kier molecular flexibility index (Phi) is 28.8. The van der Waals surface area contributed by atoms with E-state index in [1.54, 1.807) is 0 Å². The van der Waals surface area contributed by atoms with Gasteiger partial charge >= 0.3 is 5.97 Å². The molecule has 0 heterocycles. The van der Waals surface area contributed by atoms with Crippen LogP contribution in [-0.2, 0) is 19.1 Å². The average molecular weight is 198 g/mol. The highest BCUT2D eigenvalue weighted by atomic mass is 16.5. The van der Waals surface area contributed by atoms with Crippen molar-refractivity contribution in [1.29, 1.82) is 0 Å². The summed E-state index contributed by atoms with van der Waals surface area (Å²) in [4.78, 5) is 28.4. The quantitative estimate of drug-likeness (QED) is 0.226. The number of rotatable bonds is 3. The number of ether oxygens (including phenoxy) is 1. The minimum absolute atomic E-state index is 0.329. The molecular formula is C10H14O4. The van der Waals surface area contributed by atoms with Crippen molar-refractivity contribution in [2.45, 2.75) is 6.92 Å². The molecule has 0 aromatic rings. The van der Waals surface area contributed by atoms with Gasteiger partial charge in [0.2, 0.25) is 0 Å². The summed E-state index contributed by atoms with van der Waals surface area (Å²) in [5, 5.41) is 0. The van der Waals surface area contributed by atoms with Crippen LogP contribution in [0.5, 0.6) is 0 Å². The van der Waals surface area contributed by atoms with Gasteiger partial charge in [0.25, 0.3) is 0 Å². The second-order valence-electron chi connectivity index (χ2n) is 1.43. The summed E-state index contributed by atoms with van der Waals surface area (Å²) < 4.78 is 4.17. The zero-order valence-electron chi connectivity index (χ0n) is 8.14. The van der Waals surface area contributed by atoms with E-state index in [-0.39, 0.29) is 5.97 Å². The van der Waals surface area contributed by atoms with Gasteiger partial charge in [-0.3, -0.25) is 14.4 Å². The van der Waals surface area contributed by atoms with E-state index in [0.717, 1.165) is 18.4 Å². The Morgan fingerprint density at radius 2 is 1.50 bits per heavy atom. The van der Waals surface area contributed by atoms with Crippen LogP contribution >= 0.6 is 0 Å². The number of carbonyl (C=O) groups is 3. The lowest BCUT2D eigenvalue weighted by atomic mass is 10.6. The first-order valence-corrected chi connectivity index (χ1v) is 3.52. The van der Waals surface area contributed by atoms with Gasteiger partial charge in [-0.2, -0.15) is 0 Å². The lowest BCUT2D eigenvalue weighted by Crippen LogP contribution is -1.87. The van der Waals surface area contributed by atoms with Crippen molar-refractivity contribution in [3.8, 4) is 0 Å². The molecule has 4 nitrogen and oxygen atoms in total. The SMILES string of the molecule is C=C.C=COC(C)=O.O=C/C=C\C=O. The zero-order valence-corrected chi connectivity index (χ0v) is 8.14. The first-order valence-electron chi connectivity index (χ1n) is 3.52. The van der Waals surface area contributed by atoms with Crippen molar-refractivity contribution in [3.05, 3.63) is 38.2 Å². The lowest BCUT2D eigenvalue weighted by Gasteiger charge is -1.83. The van der Waals surface area contributed by atoms with Crippen LogP contribution in [-0.4, -0.2) is 18.5 Å². The van der Waals surface area contributed by atoms with Gasteiger partial charge in [0.05, 0.1) is 6.26 Å². The van der Waals surface area contributed by atoms with E-state index in [4.69, 9.17) is 0 Å². The van der Waals surface area contributed by atoms with Crippen LogP contribution in [0.1, 0.15) is 6.92 Å².